The number of carbonyl (C=O) groups is 2. The monoisotopic (exact) mass is 353 g/mol. The summed E-state index contributed by atoms with van der Waals surface area (Å²) in [5.41, 5.74) is 2.23. The van der Waals surface area contributed by atoms with Gasteiger partial charge in [0.2, 0.25) is 0 Å². The number of hydrogen-bond acceptors (Lipinski definition) is 4. The highest BCUT2D eigenvalue weighted by atomic mass is 16.5. The van der Waals surface area contributed by atoms with E-state index in [-0.39, 0.29) is 12.6 Å². The third-order valence-electron chi connectivity index (χ3n) is 4.27. The van der Waals surface area contributed by atoms with E-state index in [0.717, 1.165) is 0 Å². The number of carbonyl (C=O) groups excluding carboxylic acids is 2. The molecule has 0 atom stereocenters. The second-order valence-electron chi connectivity index (χ2n) is 6.34. The summed E-state index contributed by atoms with van der Waals surface area (Å²) in [6.45, 7) is 3.40. The Bertz CT molecular complexity index is 860. The summed E-state index contributed by atoms with van der Waals surface area (Å²) in [6.07, 6.45) is 0. The Morgan fingerprint density at radius 3 is 2.69 bits per heavy atom. The molecule has 2 amide bonds. The summed E-state index contributed by atoms with van der Waals surface area (Å²) in [5, 5.41) is 7.76. The van der Waals surface area contributed by atoms with Gasteiger partial charge in [-0.15, -0.1) is 0 Å². The third kappa shape index (κ3) is 4.21. The van der Waals surface area contributed by atoms with Gasteiger partial charge in [0.1, 0.15) is 0 Å². The molecule has 6 heteroatoms. The van der Waals surface area contributed by atoms with Crippen LogP contribution in [0, 0.1) is 0 Å². The SMILES string of the molecule is CCOC(=O)C1=C(CN(C)Cc2ccc3ccccc3c2)NC(=O)NC1. The van der Waals surface area contributed by atoms with Crippen LogP contribution in [0.4, 0.5) is 4.79 Å². The zero-order valence-electron chi connectivity index (χ0n) is 15.0. The molecule has 0 unspecified atom stereocenters. The van der Waals surface area contributed by atoms with Crippen LogP contribution in [0.5, 0.6) is 0 Å². The second-order valence-corrected chi connectivity index (χ2v) is 6.34. The predicted octanol–water partition coefficient (Wildman–Crippen LogP) is 2.40. The van der Waals surface area contributed by atoms with Crippen LogP contribution in [-0.2, 0) is 16.1 Å². The smallest absolute Gasteiger partial charge is 0.337 e. The Labute approximate surface area is 152 Å². The van der Waals surface area contributed by atoms with Crippen LogP contribution in [0.15, 0.2) is 53.7 Å². The largest absolute Gasteiger partial charge is 0.463 e. The Balaban J connectivity index is 1.74. The maximum Gasteiger partial charge on any atom is 0.337 e. The van der Waals surface area contributed by atoms with Gasteiger partial charge in [-0.25, -0.2) is 9.59 Å². The number of benzene rings is 2. The Morgan fingerprint density at radius 2 is 1.92 bits per heavy atom. The van der Waals surface area contributed by atoms with Gasteiger partial charge in [-0.1, -0.05) is 36.4 Å². The predicted molar refractivity (Wildman–Crippen MR) is 100 cm³/mol. The van der Waals surface area contributed by atoms with Crippen molar-refractivity contribution in [2.75, 3.05) is 26.7 Å². The summed E-state index contributed by atoms with van der Waals surface area (Å²) in [4.78, 5) is 25.8. The minimum Gasteiger partial charge on any atom is -0.463 e. The molecule has 0 bridgehead atoms. The molecule has 3 rings (SSSR count). The van der Waals surface area contributed by atoms with E-state index < -0.39 is 5.97 Å². The fourth-order valence-electron chi connectivity index (χ4n) is 3.06. The third-order valence-corrected chi connectivity index (χ3v) is 4.27. The Hall–Kier alpha value is -2.86. The van der Waals surface area contributed by atoms with Gasteiger partial charge in [-0.3, -0.25) is 4.90 Å². The summed E-state index contributed by atoms with van der Waals surface area (Å²) in [5.74, 6) is -0.394. The van der Waals surface area contributed by atoms with E-state index in [1.165, 1.54) is 16.3 Å². The first kappa shape index (κ1) is 17.9. The van der Waals surface area contributed by atoms with Gasteiger partial charge in [0.05, 0.1) is 18.7 Å². The van der Waals surface area contributed by atoms with Crippen molar-refractivity contribution in [3.05, 3.63) is 59.3 Å². The van der Waals surface area contributed by atoms with Gasteiger partial charge in [-0.05, 0) is 36.4 Å². The van der Waals surface area contributed by atoms with Crippen LogP contribution in [0.1, 0.15) is 12.5 Å². The molecule has 1 aliphatic rings. The highest BCUT2D eigenvalue weighted by Crippen LogP contribution is 2.17. The summed E-state index contributed by atoms with van der Waals surface area (Å²) < 4.78 is 5.09. The van der Waals surface area contributed by atoms with E-state index in [4.69, 9.17) is 4.74 Å². The van der Waals surface area contributed by atoms with Gasteiger partial charge >= 0.3 is 12.0 Å². The van der Waals surface area contributed by atoms with Crippen molar-refractivity contribution in [1.82, 2.24) is 15.5 Å². The average Bonchev–Trinajstić information content (AvgIpc) is 2.62. The van der Waals surface area contributed by atoms with Crippen molar-refractivity contribution in [2.24, 2.45) is 0 Å². The van der Waals surface area contributed by atoms with Crippen molar-refractivity contribution < 1.29 is 14.3 Å². The minimum atomic E-state index is -0.394. The molecule has 26 heavy (non-hydrogen) atoms. The van der Waals surface area contributed by atoms with Gasteiger partial charge < -0.3 is 15.4 Å². The Morgan fingerprint density at radius 1 is 1.15 bits per heavy atom. The van der Waals surface area contributed by atoms with Crippen LogP contribution in [-0.4, -0.2) is 43.6 Å². The molecule has 6 nitrogen and oxygen atoms in total. The standard InChI is InChI=1S/C20H23N3O3/c1-3-26-19(24)17-11-21-20(25)22-18(17)13-23(2)12-14-8-9-15-6-4-5-7-16(15)10-14/h4-10H,3,11-13H2,1-2H3,(H2,21,22,25). The lowest BCUT2D eigenvalue weighted by atomic mass is 10.1. The molecule has 0 fully saturated rings. The molecular weight excluding hydrogens is 330 g/mol. The lowest BCUT2D eigenvalue weighted by molar-refractivity contribution is -0.138. The molecule has 0 radical (unpaired) electrons. The van der Waals surface area contributed by atoms with E-state index in [1.54, 1.807) is 6.92 Å². The van der Waals surface area contributed by atoms with Crippen molar-refractivity contribution >= 4 is 22.8 Å². The highest BCUT2D eigenvalue weighted by Gasteiger charge is 2.24. The Kier molecular flexibility index (Phi) is 5.53. The average molecular weight is 353 g/mol. The van der Waals surface area contributed by atoms with E-state index in [2.05, 4.69) is 45.9 Å². The van der Waals surface area contributed by atoms with Crippen molar-refractivity contribution in [3.63, 3.8) is 0 Å². The molecule has 0 aliphatic carbocycles. The molecule has 2 N–H and O–H groups in total. The zero-order valence-corrected chi connectivity index (χ0v) is 15.0. The van der Waals surface area contributed by atoms with Crippen molar-refractivity contribution in [2.45, 2.75) is 13.5 Å². The van der Waals surface area contributed by atoms with E-state index in [0.29, 0.717) is 31.0 Å². The number of hydrogen-bond donors (Lipinski definition) is 2. The maximum atomic E-state index is 12.1. The van der Waals surface area contributed by atoms with Crippen molar-refractivity contribution in [1.29, 1.82) is 0 Å². The first-order chi connectivity index (χ1) is 12.6. The number of likely N-dealkylation sites (N-methyl/N-ethyl adjacent to an activating group) is 1. The minimum absolute atomic E-state index is 0.184. The topological polar surface area (TPSA) is 70.7 Å². The molecular formula is C20H23N3O3. The number of nitrogens with zero attached hydrogens (tertiary/aromatic N) is 1. The van der Waals surface area contributed by atoms with Crippen LogP contribution >= 0.6 is 0 Å². The number of amides is 2. The number of ether oxygens (including phenoxy) is 1. The molecule has 0 spiro atoms. The normalized spacial score (nSPS) is 14.3. The molecule has 1 aliphatic heterocycles. The van der Waals surface area contributed by atoms with Crippen LogP contribution < -0.4 is 10.6 Å². The zero-order chi connectivity index (χ0) is 18.5. The quantitative estimate of drug-likeness (QED) is 0.783. The summed E-state index contributed by atoms with van der Waals surface area (Å²) in [7, 11) is 1.96. The van der Waals surface area contributed by atoms with Crippen LogP contribution in [0.2, 0.25) is 0 Å². The summed E-state index contributed by atoms with van der Waals surface area (Å²) in [6, 6.07) is 14.3. The number of fused-ring (bicyclic) bond motifs is 1. The molecule has 2 aromatic carbocycles. The number of urea groups is 1. The molecule has 2 aromatic rings. The van der Waals surface area contributed by atoms with Crippen molar-refractivity contribution in [3.8, 4) is 0 Å². The molecule has 0 saturated heterocycles. The van der Waals surface area contributed by atoms with E-state index in [9.17, 15) is 9.59 Å². The first-order valence-electron chi connectivity index (χ1n) is 8.67. The molecule has 136 valence electrons. The highest BCUT2D eigenvalue weighted by molar-refractivity contribution is 5.93. The summed E-state index contributed by atoms with van der Waals surface area (Å²) >= 11 is 0. The van der Waals surface area contributed by atoms with E-state index >= 15 is 0 Å². The van der Waals surface area contributed by atoms with Gasteiger partial charge in [0, 0.05) is 18.8 Å². The van der Waals surface area contributed by atoms with Crippen LogP contribution in [0.25, 0.3) is 10.8 Å². The molecule has 0 aromatic heterocycles. The fourth-order valence-corrected chi connectivity index (χ4v) is 3.06. The lowest BCUT2D eigenvalue weighted by Gasteiger charge is -2.25. The van der Waals surface area contributed by atoms with Gasteiger partial charge in [-0.2, -0.15) is 0 Å². The van der Waals surface area contributed by atoms with Crippen LogP contribution in [0.3, 0.4) is 0 Å². The lowest BCUT2D eigenvalue weighted by Crippen LogP contribution is -2.46. The molecule has 1 heterocycles. The molecule has 0 saturated carbocycles. The second kappa shape index (κ2) is 8.01. The number of rotatable bonds is 6. The van der Waals surface area contributed by atoms with E-state index in [1.807, 2.05) is 19.2 Å². The number of esters is 1. The van der Waals surface area contributed by atoms with Gasteiger partial charge in [0.25, 0.3) is 0 Å². The number of nitrogens with one attached hydrogen (secondary N) is 2. The fraction of sp³-hybridized carbons (Fsp3) is 0.300. The first-order valence-corrected chi connectivity index (χ1v) is 8.67. The van der Waals surface area contributed by atoms with Gasteiger partial charge in [0.15, 0.2) is 0 Å². The maximum absolute atomic E-state index is 12.1.